The number of carboxylic acids is 1. The molecule has 0 saturated carbocycles. The molecule has 0 spiro atoms. The van der Waals surface area contributed by atoms with E-state index in [1.165, 1.54) is 16.7 Å². The van der Waals surface area contributed by atoms with Crippen LogP contribution in [0, 0.1) is 0 Å². The van der Waals surface area contributed by atoms with Crippen LogP contribution in [0.1, 0.15) is 26.3 Å². The first kappa shape index (κ1) is 19.9. The lowest BCUT2D eigenvalue weighted by Gasteiger charge is -2.51. The summed E-state index contributed by atoms with van der Waals surface area (Å²) < 4.78 is -0.574. The number of nitrogens with zero attached hydrogens (tertiary/aromatic N) is 1. The highest BCUT2D eigenvalue weighted by Gasteiger charge is 2.69. The molecule has 150 valence electrons. The summed E-state index contributed by atoms with van der Waals surface area (Å²) in [4.78, 5) is 26.7. The standard InChI is InChI=1S/C22H22N2O3S2/c1-21(2)16(18(25)26)24-19(27)22(3,20(24)29-21)23-17(28)15-12-8-7-11-14(15)13-9-5-4-6-10-13/h4-12,16,20H,1-3H3,(H,23,28)(H,25,26)/t16-,20+,22-/m0/s1. The number of carbonyl (C=O) groups is 2. The quantitative estimate of drug-likeness (QED) is 0.576. The molecule has 2 N–H and O–H groups in total. The van der Waals surface area contributed by atoms with Crippen LogP contribution in [0.5, 0.6) is 0 Å². The first-order valence-corrected chi connectivity index (χ1v) is 10.7. The number of carboxylic acid groups (broad SMARTS) is 1. The van der Waals surface area contributed by atoms with Gasteiger partial charge in [-0.25, -0.2) is 4.79 Å². The van der Waals surface area contributed by atoms with Gasteiger partial charge in [0.1, 0.15) is 21.9 Å². The molecule has 2 saturated heterocycles. The van der Waals surface area contributed by atoms with E-state index in [4.69, 9.17) is 12.2 Å². The highest BCUT2D eigenvalue weighted by Crippen LogP contribution is 2.54. The SMILES string of the molecule is CC1(C)S[C@H]2N(C(=O)[C@]2(C)NC(=S)c2ccccc2-c2ccccc2)[C@H]1C(=O)O. The maximum absolute atomic E-state index is 13.0. The molecule has 29 heavy (non-hydrogen) atoms. The van der Waals surface area contributed by atoms with Crippen molar-refractivity contribution in [1.29, 1.82) is 0 Å². The minimum absolute atomic E-state index is 0.229. The minimum Gasteiger partial charge on any atom is -0.480 e. The smallest absolute Gasteiger partial charge is 0.327 e. The maximum atomic E-state index is 13.0. The number of thiocarbonyl (C=S) groups is 1. The van der Waals surface area contributed by atoms with Crippen molar-refractivity contribution in [3.63, 3.8) is 0 Å². The fraction of sp³-hybridized carbons (Fsp3) is 0.318. The van der Waals surface area contributed by atoms with Crippen molar-refractivity contribution in [2.45, 2.75) is 42.5 Å². The Balaban J connectivity index is 1.63. The van der Waals surface area contributed by atoms with Crippen molar-refractivity contribution in [3.05, 3.63) is 60.2 Å². The largest absolute Gasteiger partial charge is 0.480 e. The van der Waals surface area contributed by atoms with Crippen LogP contribution in [0.2, 0.25) is 0 Å². The second-order valence-electron chi connectivity index (χ2n) is 8.09. The molecule has 1 amide bonds. The number of hydrogen-bond donors (Lipinski definition) is 2. The number of nitrogens with one attached hydrogen (secondary N) is 1. The van der Waals surface area contributed by atoms with Gasteiger partial charge in [-0.3, -0.25) is 4.79 Å². The molecule has 0 aliphatic carbocycles. The topological polar surface area (TPSA) is 69.6 Å². The van der Waals surface area contributed by atoms with Crippen molar-refractivity contribution in [1.82, 2.24) is 10.2 Å². The van der Waals surface area contributed by atoms with E-state index in [1.807, 2.05) is 68.4 Å². The molecule has 0 bridgehead atoms. The summed E-state index contributed by atoms with van der Waals surface area (Å²) >= 11 is 7.20. The van der Waals surface area contributed by atoms with Gasteiger partial charge in [0, 0.05) is 10.3 Å². The molecular formula is C22H22N2O3S2. The van der Waals surface area contributed by atoms with Gasteiger partial charge >= 0.3 is 5.97 Å². The molecule has 2 aliphatic heterocycles. The number of β-lactam (4-membered cyclic amide) rings is 1. The van der Waals surface area contributed by atoms with Crippen molar-refractivity contribution >= 4 is 40.8 Å². The van der Waals surface area contributed by atoms with Crippen LogP contribution in [-0.2, 0) is 9.59 Å². The molecule has 2 aromatic carbocycles. The molecule has 7 heteroatoms. The molecule has 2 aliphatic rings. The van der Waals surface area contributed by atoms with E-state index >= 15 is 0 Å². The predicted molar refractivity (Wildman–Crippen MR) is 119 cm³/mol. The summed E-state index contributed by atoms with van der Waals surface area (Å²) in [5, 5.41) is 12.6. The van der Waals surface area contributed by atoms with Gasteiger partial charge < -0.3 is 15.3 Å². The second-order valence-corrected chi connectivity index (χ2v) is 10.2. The number of rotatable bonds is 4. The van der Waals surface area contributed by atoms with Crippen molar-refractivity contribution in [3.8, 4) is 11.1 Å². The number of carbonyl (C=O) groups excluding carboxylic acids is 1. The molecule has 2 aromatic rings. The van der Waals surface area contributed by atoms with Crippen LogP contribution in [0.25, 0.3) is 11.1 Å². The Morgan fingerprint density at radius 3 is 2.38 bits per heavy atom. The van der Waals surface area contributed by atoms with E-state index in [9.17, 15) is 14.7 Å². The second kappa shape index (κ2) is 6.85. The number of fused-ring (bicyclic) bond motifs is 1. The van der Waals surface area contributed by atoms with Crippen LogP contribution in [0.4, 0.5) is 0 Å². The van der Waals surface area contributed by atoms with Crippen molar-refractivity contribution in [2.24, 2.45) is 0 Å². The number of hydrogen-bond acceptors (Lipinski definition) is 4. The molecule has 0 aromatic heterocycles. The molecule has 3 atom stereocenters. The molecule has 2 heterocycles. The first-order chi connectivity index (χ1) is 13.7. The summed E-state index contributed by atoms with van der Waals surface area (Å²) in [5.74, 6) is -1.20. The minimum atomic E-state index is -0.975. The third-order valence-corrected chi connectivity index (χ3v) is 7.72. The Morgan fingerprint density at radius 1 is 1.10 bits per heavy atom. The Hall–Kier alpha value is -2.38. The van der Waals surface area contributed by atoms with Crippen molar-refractivity contribution in [2.75, 3.05) is 0 Å². The van der Waals surface area contributed by atoms with E-state index in [0.717, 1.165) is 16.7 Å². The summed E-state index contributed by atoms with van der Waals surface area (Å²) in [6, 6.07) is 16.9. The van der Waals surface area contributed by atoms with Crippen LogP contribution in [0.3, 0.4) is 0 Å². The number of amides is 1. The Morgan fingerprint density at radius 2 is 1.72 bits per heavy atom. The fourth-order valence-electron chi connectivity index (χ4n) is 4.19. The summed E-state index contributed by atoms with van der Waals surface area (Å²) in [6.45, 7) is 5.54. The number of benzene rings is 2. The highest BCUT2D eigenvalue weighted by atomic mass is 32.2. The van der Waals surface area contributed by atoms with Gasteiger partial charge in [0.2, 0.25) is 0 Å². The van der Waals surface area contributed by atoms with Gasteiger partial charge in [0.15, 0.2) is 0 Å². The van der Waals surface area contributed by atoms with Crippen molar-refractivity contribution < 1.29 is 14.7 Å². The van der Waals surface area contributed by atoms with Gasteiger partial charge in [0.05, 0.1) is 0 Å². The Bertz CT molecular complexity index is 1010. The van der Waals surface area contributed by atoms with E-state index in [-0.39, 0.29) is 11.3 Å². The lowest BCUT2D eigenvalue weighted by atomic mass is 9.85. The zero-order valence-corrected chi connectivity index (χ0v) is 18.0. The molecule has 2 fully saturated rings. The van der Waals surface area contributed by atoms with Gasteiger partial charge in [-0.1, -0.05) is 66.8 Å². The monoisotopic (exact) mass is 426 g/mol. The summed E-state index contributed by atoms with van der Waals surface area (Å²) in [6.07, 6.45) is 0. The van der Waals surface area contributed by atoms with Gasteiger partial charge in [-0.05, 0) is 31.9 Å². The Labute approximate surface area is 179 Å². The predicted octanol–water partition coefficient (Wildman–Crippen LogP) is 3.52. The molecule has 0 unspecified atom stereocenters. The van der Waals surface area contributed by atoms with Gasteiger partial charge in [-0.2, -0.15) is 0 Å². The van der Waals surface area contributed by atoms with Crippen LogP contribution in [0.15, 0.2) is 54.6 Å². The summed E-state index contributed by atoms with van der Waals surface area (Å²) in [7, 11) is 0. The van der Waals surface area contributed by atoms with Crippen LogP contribution < -0.4 is 5.32 Å². The normalized spacial score (nSPS) is 27.1. The fourth-order valence-corrected chi connectivity index (χ4v) is 6.23. The molecule has 5 nitrogen and oxygen atoms in total. The lowest BCUT2D eigenvalue weighted by Crippen LogP contribution is -2.78. The number of aliphatic carboxylic acids is 1. The summed E-state index contributed by atoms with van der Waals surface area (Å²) in [5.41, 5.74) is 1.94. The Kier molecular flexibility index (Phi) is 4.70. The van der Waals surface area contributed by atoms with E-state index in [1.54, 1.807) is 6.92 Å². The van der Waals surface area contributed by atoms with E-state index in [2.05, 4.69) is 5.32 Å². The third-order valence-electron chi connectivity index (χ3n) is 5.64. The maximum Gasteiger partial charge on any atom is 0.327 e. The average molecular weight is 427 g/mol. The van der Waals surface area contributed by atoms with E-state index in [0.29, 0.717) is 4.99 Å². The lowest BCUT2D eigenvalue weighted by molar-refractivity contribution is -0.165. The highest BCUT2D eigenvalue weighted by molar-refractivity contribution is 8.01. The van der Waals surface area contributed by atoms with Gasteiger partial charge in [0.25, 0.3) is 5.91 Å². The average Bonchev–Trinajstić information content (AvgIpc) is 2.98. The molecule has 4 rings (SSSR count). The number of thioether (sulfide) groups is 1. The van der Waals surface area contributed by atoms with E-state index < -0.39 is 22.3 Å². The first-order valence-electron chi connectivity index (χ1n) is 9.37. The van der Waals surface area contributed by atoms with Crippen LogP contribution in [-0.4, -0.2) is 48.6 Å². The zero-order valence-electron chi connectivity index (χ0n) is 16.4. The molecular weight excluding hydrogens is 404 g/mol. The molecule has 0 radical (unpaired) electrons. The van der Waals surface area contributed by atoms with Crippen LogP contribution >= 0.6 is 24.0 Å². The third kappa shape index (κ3) is 3.04. The van der Waals surface area contributed by atoms with Gasteiger partial charge in [-0.15, -0.1) is 11.8 Å². The zero-order chi connectivity index (χ0) is 21.0.